The highest BCUT2D eigenvalue weighted by molar-refractivity contribution is 6.19. The van der Waals surface area contributed by atoms with Crippen LogP contribution in [0.5, 0.6) is 0 Å². The van der Waals surface area contributed by atoms with Gasteiger partial charge in [0.15, 0.2) is 6.10 Å². The Morgan fingerprint density at radius 3 is 2.71 bits per heavy atom. The van der Waals surface area contributed by atoms with E-state index in [4.69, 9.17) is 9.84 Å². The summed E-state index contributed by atoms with van der Waals surface area (Å²) in [6.45, 7) is 0. The smallest absolute Gasteiger partial charge is 0.340 e. The van der Waals surface area contributed by atoms with Crippen molar-refractivity contribution in [2.45, 2.75) is 6.10 Å². The van der Waals surface area contributed by atoms with E-state index in [9.17, 15) is 14.4 Å². The van der Waals surface area contributed by atoms with E-state index in [1.165, 1.54) is 18.2 Å². The van der Waals surface area contributed by atoms with Gasteiger partial charge in [-0.3, -0.25) is 4.79 Å². The maximum atomic E-state index is 11.9. The molecule has 1 aromatic rings. The summed E-state index contributed by atoms with van der Waals surface area (Å²) >= 11 is 0. The molecule has 1 heterocycles. The Balaban J connectivity index is 2.41. The number of aromatic carboxylic acids is 1. The van der Waals surface area contributed by atoms with Gasteiger partial charge in [-0.2, -0.15) is 0 Å². The van der Waals surface area contributed by atoms with Crippen LogP contribution in [0.2, 0.25) is 0 Å². The van der Waals surface area contributed by atoms with E-state index in [1.807, 2.05) is 0 Å². The van der Waals surface area contributed by atoms with E-state index in [-0.39, 0.29) is 22.5 Å². The van der Waals surface area contributed by atoms with Crippen molar-refractivity contribution < 1.29 is 24.2 Å². The lowest BCUT2D eigenvalue weighted by Gasteiger charge is -2.26. The lowest BCUT2D eigenvalue weighted by atomic mass is 9.85. The summed E-state index contributed by atoms with van der Waals surface area (Å²) in [5, 5.41) is 8.98. The van der Waals surface area contributed by atoms with Gasteiger partial charge in [0.05, 0.1) is 11.1 Å². The molecule has 1 aliphatic heterocycles. The number of hydrogen-bond acceptors (Lipinski definition) is 4. The first-order valence-corrected chi connectivity index (χ1v) is 4.93. The minimum atomic E-state index is -1.25. The van der Waals surface area contributed by atoms with Crippen molar-refractivity contribution in [2.24, 2.45) is 0 Å². The van der Waals surface area contributed by atoms with E-state index < -0.39 is 18.0 Å². The molecule has 3 rings (SSSR count). The van der Waals surface area contributed by atoms with Gasteiger partial charge in [0.1, 0.15) is 0 Å². The van der Waals surface area contributed by atoms with Crippen LogP contribution in [0.4, 0.5) is 0 Å². The molecule has 0 amide bonds. The summed E-state index contributed by atoms with van der Waals surface area (Å²) in [5.74, 6) is -2.37. The van der Waals surface area contributed by atoms with Crippen LogP contribution in [0.15, 0.2) is 18.2 Å². The van der Waals surface area contributed by atoms with Crippen molar-refractivity contribution in [3.8, 4) is 0 Å². The summed E-state index contributed by atoms with van der Waals surface area (Å²) in [4.78, 5) is 34.6. The molecule has 84 valence electrons. The maximum Gasteiger partial charge on any atom is 0.340 e. The van der Waals surface area contributed by atoms with Crippen LogP contribution < -0.4 is 0 Å². The van der Waals surface area contributed by atoms with Gasteiger partial charge in [-0.05, 0) is 17.7 Å². The molecule has 1 N–H and O–H groups in total. The van der Waals surface area contributed by atoms with Gasteiger partial charge in [-0.15, -0.1) is 0 Å². The lowest BCUT2D eigenvalue weighted by Crippen LogP contribution is -2.36. The number of hydrogen-bond donors (Lipinski definition) is 1. The number of carboxylic acids is 1. The molecule has 5 heteroatoms. The fraction of sp³-hybridized carbons (Fsp3) is 0.0833. The molecule has 1 unspecified atom stereocenters. The standard InChI is InChI=1S/C12H6O5/c13-10-7-4-2-5-1-3-6(11(14)15)9(8(5)10)12(16)17-7/h1-4,7H,(H,14,15). The predicted molar refractivity (Wildman–Crippen MR) is 56.0 cm³/mol. The number of ketones is 1. The Labute approximate surface area is 95.3 Å². The van der Waals surface area contributed by atoms with Crippen molar-refractivity contribution in [1.82, 2.24) is 0 Å². The molecular formula is C12H6O5. The minimum absolute atomic E-state index is 0.138. The fourth-order valence-electron chi connectivity index (χ4n) is 2.10. The number of rotatable bonds is 1. The minimum Gasteiger partial charge on any atom is -0.478 e. The third-order valence-electron chi connectivity index (χ3n) is 2.86. The molecule has 1 aromatic carbocycles. The SMILES string of the molecule is O=C(O)c1ccc2c3c1C(=O)OC(C=C2)C3=O. The molecule has 1 atom stereocenters. The van der Waals surface area contributed by atoms with Crippen molar-refractivity contribution in [1.29, 1.82) is 0 Å². The second-order valence-corrected chi connectivity index (χ2v) is 3.81. The van der Waals surface area contributed by atoms with Crippen LogP contribution in [0.25, 0.3) is 6.08 Å². The van der Waals surface area contributed by atoms with Crippen molar-refractivity contribution in [3.63, 3.8) is 0 Å². The largest absolute Gasteiger partial charge is 0.478 e. The molecule has 2 bridgehead atoms. The Morgan fingerprint density at radius 1 is 1.24 bits per heavy atom. The first-order valence-electron chi connectivity index (χ1n) is 4.93. The van der Waals surface area contributed by atoms with Gasteiger partial charge in [0.2, 0.25) is 5.78 Å². The number of Topliss-reactive ketones (excluding diaryl/α,β-unsaturated/α-hetero) is 1. The van der Waals surface area contributed by atoms with Gasteiger partial charge in [0, 0.05) is 5.56 Å². The highest BCUT2D eigenvalue weighted by Gasteiger charge is 2.39. The monoisotopic (exact) mass is 230 g/mol. The molecule has 0 spiro atoms. The highest BCUT2D eigenvalue weighted by atomic mass is 16.5. The second kappa shape index (κ2) is 3.04. The van der Waals surface area contributed by atoms with Gasteiger partial charge in [-0.25, -0.2) is 9.59 Å². The third-order valence-corrected chi connectivity index (χ3v) is 2.86. The number of ether oxygens (including phenoxy) is 1. The quantitative estimate of drug-likeness (QED) is 0.731. The predicted octanol–water partition coefficient (Wildman–Crippen LogP) is 1.13. The molecule has 17 heavy (non-hydrogen) atoms. The summed E-state index contributed by atoms with van der Waals surface area (Å²) in [7, 11) is 0. The number of esters is 1. The zero-order valence-corrected chi connectivity index (χ0v) is 8.47. The second-order valence-electron chi connectivity index (χ2n) is 3.81. The number of fused-ring (bicyclic) bond motifs is 1. The molecule has 2 aliphatic rings. The van der Waals surface area contributed by atoms with Crippen LogP contribution >= 0.6 is 0 Å². The Bertz CT molecular complexity index is 612. The molecule has 0 saturated heterocycles. The summed E-state index contributed by atoms with van der Waals surface area (Å²) in [5.41, 5.74) is 0.382. The Kier molecular flexibility index (Phi) is 1.75. The van der Waals surface area contributed by atoms with E-state index in [1.54, 1.807) is 6.08 Å². The number of carbonyl (C=O) groups excluding carboxylic acids is 2. The summed E-state index contributed by atoms with van der Waals surface area (Å²) in [6.07, 6.45) is 2.24. The van der Waals surface area contributed by atoms with Crippen LogP contribution in [-0.4, -0.2) is 28.9 Å². The van der Waals surface area contributed by atoms with E-state index >= 15 is 0 Å². The van der Waals surface area contributed by atoms with Crippen LogP contribution in [-0.2, 0) is 4.74 Å². The third kappa shape index (κ3) is 1.16. The van der Waals surface area contributed by atoms with Gasteiger partial charge >= 0.3 is 11.9 Å². The number of carboxylic acid groups (broad SMARTS) is 1. The van der Waals surface area contributed by atoms with Crippen molar-refractivity contribution in [2.75, 3.05) is 0 Å². The average molecular weight is 230 g/mol. The zero-order chi connectivity index (χ0) is 12.2. The van der Waals surface area contributed by atoms with E-state index in [2.05, 4.69) is 0 Å². The van der Waals surface area contributed by atoms with E-state index in [0.717, 1.165) is 0 Å². The molecular weight excluding hydrogens is 224 g/mol. The normalized spacial score (nSPS) is 20.1. The highest BCUT2D eigenvalue weighted by Crippen LogP contribution is 2.32. The molecule has 1 aliphatic carbocycles. The van der Waals surface area contributed by atoms with Crippen LogP contribution in [0, 0.1) is 0 Å². The lowest BCUT2D eigenvalue weighted by molar-refractivity contribution is 0.0323. The Morgan fingerprint density at radius 2 is 2.00 bits per heavy atom. The molecule has 0 radical (unpaired) electrons. The molecule has 5 nitrogen and oxygen atoms in total. The summed E-state index contributed by atoms with van der Waals surface area (Å²) in [6, 6.07) is 2.83. The van der Waals surface area contributed by atoms with Crippen LogP contribution in [0.1, 0.15) is 36.6 Å². The van der Waals surface area contributed by atoms with E-state index in [0.29, 0.717) is 5.56 Å². The van der Waals surface area contributed by atoms with Crippen LogP contribution in [0.3, 0.4) is 0 Å². The maximum absolute atomic E-state index is 11.9. The average Bonchev–Trinajstić information content (AvgIpc) is 2.29. The van der Waals surface area contributed by atoms with Gasteiger partial charge < -0.3 is 9.84 Å². The Hall–Kier alpha value is -2.43. The van der Waals surface area contributed by atoms with Crippen molar-refractivity contribution in [3.05, 3.63) is 40.5 Å². The topological polar surface area (TPSA) is 80.7 Å². The zero-order valence-electron chi connectivity index (χ0n) is 8.47. The summed E-state index contributed by atoms with van der Waals surface area (Å²) < 4.78 is 4.87. The first-order chi connectivity index (χ1) is 8.09. The number of carbonyl (C=O) groups is 3. The first kappa shape index (κ1) is 9.77. The van der Waals surface area contributed by atoms with Gasteiger partial charge in [-0.1, -0.05) is 12.1 Å². The fourth-order valence-corrected chi connectivity index (χ4v) is 2.10. The molecule has 0 aromatic heterocycles. The van der Waals surface area contributed by atoms with Crippen molar-refractivity contribution >= 4 is 23.8 Å². The molecule has 0 fully saturated rings. The number of benzene rings is 1. The molecule has 0 saturated carbocycles. The van der Waals surface area contributed by atoms with Gasteiger partial charge in [0.25, 0.3) is 0 Å².